The SMILES string of the molecule is C=C(/N=C/c1cc(Cl)ccc1F)O[Si](C)(C)C. The summed E-state index contributed by atoms with van der Waals surface area (Å²) < 4.78 is 18.9. The number of benzene rings is 1. The molecular weight excluding hydrogens is 257 g/mol. The van der Waals surface area contributed by atoms with E-state index in [0.717, 1.165) is 0 Å². The minimum Gasteiger partial charge on any atom is -0.532 e. The Kier molecular flexibility index (Phi) is 4.48. The summed E-state index contributed by atoms with van der Waals surface area (Å²) in [6, 6.07) is 4.29. The Balaban J connectivity index is 2.77. The van der Waals surface area contributed by atoms with Crippen molar-refractivity contribution in [1.29, 1.82) is 0 Å². The maximum atomic E-state index is 13.3. The molecule has 0 amide bonds. The number of rotatable bonds is 4. The van der Waals surface area contributed by atoms with Gasteiger partial charge in [0.2, 0.25) is 8.32 Å². The van der Waals surface area contributed by atoms with E-state index in [0.29, 0.717) is 16.5 Å². The quantitative estimate of drug-likeness (QED) is 0.456. The highest BCUT2D eigenvalue weighted by Crippen LogP contribution is 2.14. The lowest BCUT2D eigenvalue weighted by molar-refractivity contribution is 0.421. The van der Waals surface area contributed by atoms with Crippen LogP contribution in [-0.2, 0) is 4.43 Å². The van der Waals surface area contributed by atoms with E-state index in [1.54, 1.807) is 0 Å². The number of nitrogens with zero attached hydrogens (tertiary/aromatic N) is 1. The third-order valence-corrected chi connectivity index (χ3v) is 2.81. The molecule has 0 bridgehead atoms. The van der Waals surface area contributed by atoms with Gasteiger partial charge in [-0.25, -0.2) is 9.38 Å². The average molecular weight is 272 g/mol. The van der Waals surface area contributed by atoms with E-state index in [1.165, 1.54) is 24.4 Å². The van der Waals surface area contributed by atoms with Gasteiger partial charge in [-0.2, -0.15) is 0 Å². The first kappa shape index (κ1) is 13.9. The van der Waals surface area contributed by atoms with Crippen LogP contribution in [0.1, 0.15) is 5.56 Å². The normalized spacial score (nSPS) is 11.8. The molecule has 0 aliphatic carbocycles. The third kappa shape index (κ3) is 5.15. The zero-order valence-corrected chi connectivity index (χ0v) is 11.9. The number of aliphatic imine (C=N–C) groups is 1. The Morgan fingerprint density at radius 2 is 2.12 bits per heavy atom. The monoisotopic (exact) mass is 271 g/mol. The van der Waals surface area contributed by atoms with E-state index in [9.17, 15) is 4.39 Å². The van der Waals surface area contributed by atoms with Gasteiger partial charge in [-0.15, -0.1) is 0 Å². The van der Waals surface area contributed by atoms with Gasteiger partial charge in [0.1, 0.15) is 5.82 Å². The third-order valence-electron chi connectivity index (χ3n) is 1.73. The summed E-state index contributed by atoms with van der Waals surface area (Å²) in [5.41, 5.74) is 0.317. The fraction of sp³-hybridized carbons (Fsp3) is 0.250. The van der Waals surface area contributed by atoms with Gasteiger partial charge >= 0.3 is 0 Å². The molecular formula is C12H15ClFNOSi. The van der Waals surface area contributed by atoms with Crippen LogP contribution in [0.4, 0.5) is 4.39 Å². The molecule has 1 rings (SSSR count). The Labute approximate surface area is 107 Å². The molecule has 0 spiro atoms. The topological polar surface area (TPSA) is 21.6 Å². The van der Waals surface area contributed by atoms with E-state index in [2.05, 4.69) is 11.6 Å². The van der Waals surface area contributed by atoms with Crippen LogP contribution in [0.5, 0.6) is 0 Å². The van der Waals surface area contributed by atoms with Gasteiger partial charge in [0.25, 0.3) is 0 Å². The molecule has 2 nitrogen and oxygen atoms in total. The van der Waals surface area contributed by atoms with Gasteiger partial charge in [0, 0.05) is 16.8 Å². The van der Waals surface area contributed by atoms with Crippen LogP contribution in [0.2, 0.25) is 24.7 Å². The Bertz CT molecular complexity index is 454. The second-order valence-corrected chi connectivity index (χ2v) is 9.40. The fourth-order valence-corrected chi connectivity index (χ4v) is 2.07. The summed E-state index contributed by atoms with van der Waals surface area (Å²) in [5.74, 6) is -0.0810. The first-order valence-corrected chi connectivity index (χ1v) is 8.93. The van der Waals surface area contributed by atoms with Crippen molar-refractivity contribution < 1.29 is 8.82 Å². The molecule has 0 saturated carbocycles. The summed E-state index contributed by atoms with van der Waals surface area (Å²) in [7, 11) is -1.72. The van der Waals surface area contributed by atoms with Crippen LogP contribution in [0.25, 0.3) is 0 Å². The van der Waals surface area contributed by atoms with Crippen molar-refractivity contribution >= 4 is 26.1 Å². The lowest BCUT2D eigenvalue weighted by Crippen LogP contribution is -2.24. The van der Waals surface area contributed by atoms with Crippen LogP contribution in [0.15, 0.2) is 35.7 Å². The maximum absolute atomic E-state index is 13.3. The molecule has 0 fully saturated rings. The minimum atomic E-state index is -1.72. The Morgan fingerprint density at radius 3 is 2.71 bits per heavy atom. The van der Waals surface area contributed by atoms with Crippen molar-refractivity contribution in [2.45, 2.75) is 19.6 Å². The van der Waals surface area contributed by atoms with E-state index in [4.69, 9.17) is 16.0 Å². The summed E-state index contributed by atoms with van der Waals surface area (Å²) >= 11 is 5.76. The summed E-state index contributed by atoms with van der Waals surface area (Å²) in [4.78, 5) is 3.98. The zero-order valence-electron chi connectivity index (χ0n) is 10.1. The smallest absolute Gasteiger partial charge is 0.244 e. The van der Waals surface area contributed by atoms with Gasteiger partial charge in [-0.3, -0.25) is 0 Å². The summed E-state index contributed by atoms with van der Waals surface area (Å²) in [6.45, 7) is 9.73. The van der Waals surface area contributed by atoms with Crippen LogP contribution >= 0.6 is 11.6 Å². The molecule has 1 aromatic rings. The molecule has 0 N–H and O–H groups in total. The second kappa shape index (κ2) is 5.47. The first-order chi connectivity index (χ1) is 7.78. The molecule has 1 aromatic carbocycles. The van der Waals surface area contributed by atoms with E-state index < -0.39 is 8.32 Å². The van der Waals surface area contributed by atoms with Crippen molar-refractivity contribution in [3.05, 3.63) is 47.1 Å². The molecule has 0 aromatic heterocycles. The molecule has 0 radical (unpaired) electrons. The largest absolute Gasteiger partial charge is 0.532 e. The minimum absolute atomic E-state index is 0.295. The van der Waals surface area contributed by atoms with Crippen LogP contribution in [-0.4, -0.2) is 14.5 Å². The summed E-state index contributed by atoms with van der Waals surface area (Å²) in [5, 5.41) is 0.463. The first-order valence-electron chi connectivity index (χ1n) is 5.15. The van der Waals surface area contributed by atoms with Crippen molar-refractivity contribution in [3.63, 3.8) is 0 Å². The lowest BCUT2D eigenvalue weighted by Gasteiger charge is -2.17. The maximum Gasteiger partial charge on any atom is 0.244 e. The molecule has 17 heavy (non-hydrogen) atoms. The lowest BCUT2D eigenvalue weighted by atomic mass is 10.2. The van der Waals surface area contributed by atoms with E-state index >= 15 is 0 Å². The molecule has 0 aliphatic rings. The predicted molar refractivity (Wildman–Crippen MR) is 72.6 cm³/mol. The van der Waals surface area contributed by atoms with Gasteiger partial charge in [-0.05, 0) is 44.4 Å². The highest BCUT2D eigenvalue weighted by atomic mass is 35.5. The van der Waals surface area contributed by atoms with Crippen LogP contribution < -0.4 is 0 Å². The molecule has 0 aliphatic heterocycles. The number of hydrogen-bond acceptors (Lipinski definition) is 2. The molecule has 5 heteroatoms. The predicted octanol–water partition coefficient (Wildman–Crippen LogP) is 4.22. The molecule has 0 atom stereocenters. The fourth-order valence-electron chi connectivity index (χ4n) is 1.13. The van der Waals surface area contributed by atoms with Gasteiger partial charge in [0.05, 0.1) is 0 Å². The number of halogens is 2. The van der Waals surface area contributed by atoms with Crippen molar-refractivity contribution in [1.82, 2.24) is 0 Å². The standard InChI is InChI=1S/C12H15ClFNOSi/c1-9(16-17(2,3)4)15-8-10-7-11(13)5-6-12(10)14/h5-8H,1H2,2-4H3/b15-8+. The molecule has 0 heterocycles. The highest BCUT2D eigenvalue weighted by Gasteiger charge is 2.16. The van der Waals surface area contributed by atoms with Crippen molar-refractivity contribution in [2.75, 3.05) is 0 Å². The number of hydrogen-bond donors (Lipinski definition) is 0. The van der Waals surface area contributed by atoms with Crippen LogP contribution in [0, 0.1) is 5.82 Å². The molecule has 0 unspecified atom stereocenters. The van der Waals surface area contributed by atoms with E-state index in [-0.39, 0.29) is 5.82 Å². The van der Waals surface area contributed by atoms with Gasteiger partial charge in [-0.1, -0.05) is 11.6 Å². The van der Waals surface area contributed by atoms with Crippen LogP contribution in [0.3, 0.4) is 0 Å². The van der Waals surface area contributed by atoms with Crippen molar-refractivity contribution in [2.24, 2.45) is 4.99 Å². The average Bonchev–Trinajstić information content (AvgIpc) is 2.17. The van der Waals surface area contributed by atoms with E-state index in [1.807, 2.05) is 19.6 Å². The van der Waals surface area contributed by atoms with Gasteiger partial charge in [0.15, 0.2) is 5.88 Å². The molecule has 92 valence electrons. The molecule has 0 saturated heterocycles. The Morgan fingerprint density at radius 1 is 1.47 bits per heavy atom. The second-order valence-electron chi connectivity index (χ2n) is 4.53. The van der Waals surface area contributed by atoms with Crippen molar-refractivity contribution in [3.8, 4) is 0 Å². The Hall–Kier alpha value is -1.13. The van der Waals surface area contributed by atoms with Gasteiger partial charge < -0.3 is 4.43 Å². The summed E-state index contributed by atoms with van der Waals surface area (Å²) in [6.07, 6.45) is 1.36. The zero-order chi connectivity index (χ0) is 13.1. The highest BCUT2D eigenvalue weighted by molar-refractivity contribution is 6.70.